The average molecular weight is 419 g/mol. The van der Waals surface area contributed by atoms with Crippen molar-refractivity contribution in [3.8, 4) is 0 Å². The summed E-state index contributed by atoms with van der Waals surface area (Å²) in [6.07, 6.45) is -0.133. The molecule has 0 radical (unpaired) electrons. The minimum absolute atomic E-state index is 0.0911. The molecule has 1 aromatic carbocycles. The highest BCUT2D eigenvalue weighted by Gasteiger charge is 2.29. The molecule has 0 heterocycles. The van der Waals surface area contributed by atoms with Crippen LogP contribution in [0.5, 0.6) is 0 Å². The van der Waals surface area contributed by atoms with Crippen LogP contribution in [0.1, 0.15) is 25.8 Å². The van der Waals surface area contributed by atoms with Crippen LogP contribution in [0.25, 0.3) is 0 Å². The van der Waals surface area contributed by atoms with Crippen LogP contribution in [-0.2, 0) is 20.9 Å². The van der Waals surface area contributed by atoms with Crippen molar-refractivity contribution < 1.29 is 19.1 Å². The molecule has 22 heavy (non-hydrogen) atoms. The van der Waals surface area contributed by atoms with Crippen molar-refractivity contribution in [3.63, 3.8) is 0 Å². The summed E-state index contributed by atoms with van der Waals surface area (Å²) in [4.78, 5) is 23.7. The van der Waals surface area contributed by atoms with Gasteiger partial charge in [-0.3, -0.25) is 0 Å². The van der Waals surface area contributed by atoms with E-state index in [9.17, 15) is 9.59 Å². The lowest BCUT2D eigenvalue weighted by Crippen LogP contribution is -2.44. The Balaban J connectivity index is 2.57. The minimum atomic E-state index is -0.710. The number of alkyl carbamates (subject to hydrolysis) is 1. The predicted molar refractivity (Wildman–Crippen MR) is 92.9 cm³/mol. The van der Waals surface area contributed by atoms with Gasteiger partial charge in [0, 0.05) is 4.43 Å². The first kappa shape index (κ1) is 18.7. The van der Waals surface area contributed by atoms with Crippen molar-refractivity contribution in [3.05, 3.63) is 35.9 Å². The van der Waals surface area contributed by atoms with Crippen LogP contribution in [-0.4, -0.2) is 29.6 Å². The van der Waals surface area contributed by atoms with Gasteiger partial charge in [-0.2, -0.15) is 0 Å². The van der Waals surface area contributed by atoms with Gasteiger partial charge in [-0.25, -0.2) is 9.59 Å². The Hall–Kier alpha value is -1.31. The Bertz CT molecular complexity index is 490. The number of rotatable bonds is 7. The van der Waals surface area contributed by atoms with Crippen LogP contribution in [0.4, 0.5) is 4.79 Å². The summed E-state index contributed by atoms with van der Waals surface area (Å²) in [6, 6.07) is 8.66. The maximum Gasteiger partial charge on any atom is 0.408 e. The molecule has 0 saturated carbocycles. The standard InChI is InChI=1S/C16H22INO4/c1-16(2,11-17)9-13(14(19)21-3)18-15(20)22-10-12-7-5-4-6-8-12/h4-8,13H,9-11H2,1-3H3,(H,18,20). The summed E-state index contributed by atoms with van der Waals surface area (Å²) in [5, 5.41) is 2.59. The van der Waals surface area contributed by atoms with Crippen molar-refractivity contribution in [2.24, 2.45) is 5.41 Å². The molecule has 0 fully saturated rings. The fourth-order valence-corrected chi connectivity index (χ4v) is 2.16. The van der Waals surface area contributed by atoms with E-state index in [0.717, 1.165) is 9.99 Å². The van der Waals surface area contributed by atoms with Gasteiger partial charge < -0.3 is 14.8 Å². The van der Waals surface area contributed by atoms with Crippen molar-refractivity contribution in [2.75, 3.05) is 11.5 Å². The zero-order chi connectivity index (χ0) is 16.6. The summed E-state index contributed by atoms with van der Waals surface area (Å²) in [5.41, 5.74) is 0.798. The van der Waals surface area contributed by atoms with Crippen LogP contribution in [0.2, 0.25) is 0 Å². The van der Waals surface area contributed by atoms with E-state index in [-0.39, 0.29) is 12.0 Å². The van der Waals surface area contributed by atoms with Crippen molar-refractivity contribution in [1.82, 2.24) is 5.32 Å². The number of benzene rings is 1. The van der Waals surface area contributed by atoms with Crippen molar-refractivity contribution in [1.29, 1.82) is 0 Å². The Morgan fingerprint density at radius 1 is 1.27 bits per heavy atom. The van der Waals surface area contributed by atoms with E-state index in [1.807, 2.05) is 44.2 Å². The first-order valence-electron chi connectivity index (χ1n) is 6.99. The van der Waals surface area contributed by atoms with Gasteiger partial charge in [0.05, 0.1) is 7.11 Å². The number of nitrogens with one attached hydrogen (secondary N) is 1. The van der Waals surface area contributed by atoms with Crippen LogP contribution >= 0.6 is 22.6 Å². The second-order valence-electron chi connectivity index (χ2n) is 5.78. The van der Waals surface area contributed by atoms with Gasteiger partial charge in [0.15, 0.2) is 0 Å². The lowest BCUT2D eigenvalue weighted by atomic mass is 9.88. The normalized spacial score (nSPS) is 12.4. The van der Waals surface area contributed by atoms with E-state index in [1.165, 1.54) is 7.11 Å². The minimum Gasteiger partial charge on any atom is -0.467 e. The first-order chi connectivity index (χ1) is 10.4. The number of esters is 1. The lowest BCUT2D eigenvalue weighted by Gasteiger charge is -2.26. The average Bonchev–Trinajstić information content (AvgIpc) is 2.52. The van der Waals surface area contributed by atoms with Crippen LogP contribution in [0, 0.1) is 5.41 Å². The SMILES string of the molecule is COC(=O)C(CC(C)(C)CI)NC(=O)OCc1ccccc1. The number of ether oxygens (including phenoxy) is 2. The fourth-order valence-electron chi connectivity index (χ4n) is 1.85. The summed E-state index contributed by atoms with van der Waals surface area (Å²) in [5.74, 6) is -0.463. The molecule has 0 aliphatic rings. The van der Waals surface area contributed by atoms with E-state index < -0.39 is 18.1 Å². The molecular weight excluding hydrogens is 397 g/mol. The maximum absolute atomic E-state index is 11.9. The third-order valence-electron chi connectivity index (χ3n) is 3.11. The first-order valence-corrected chi connectivity index (χ1v) is 8.51. The molecule has 0 bridgehead atoms. The Morgan fingerprint density at radius 3 is 2.45 bits per heavy atom. The Morgan fingerprint density at radius 2 is 1.91 bits per heavy atom. The van der Waals surface area contributed by atoms with Crippen molar-refractivity contribution >= 4 is 34.7 Å². The smallest absolute Gasteiger partial charge is 0.408 e. The van der Waals surface area contributed by atoms with E-state index in [1.54, 1.807) is 0 Å². The number of halogens is 1. The second kappa shape index (κ2) is 8.97. The largest absolute Gasteiger partial charge is 0.467 e. The number of hydrogen-bond acceptors (Lipinski definition) is 4. The molecule has 6 heteroatoms. The zero-order valence-electron chi connectivity index (χ0n) is 13.1. The quantitative estimate of drug-likeness (QED) is 0.419. The molecule has 0 aliphatic carbocycles. The van der Waals surface area contributed by atoms with Gasteiger partial charge in [-0.1, -0.05) is 66.8 Å². The van der Waals surface area contributed by atoms with Gasteiger partial charge in [-0.15, -0.1) is 0 Å². The molecule has 1 N–H and O–H groups in total. The summed E-state index contributed by atoms with van der Waals surface area (Å²) in [6.45, 7) is 4.23. The van der Waals surface area contributed by atoms with Crippen molar-refractivity contribution in [2.45, 2.75) is 32.9 Å². The molecule has 1 atom stereocenters. The summed E-state index contributed by atoms with van der Waals surface area (Å²) >= 11 is 2.26. The molecular formula is C16H22INO4. The van der Waals surface area contributed by atoms with E-state index in [0.29, 0.717) is 6.42 Å². The second-order valence-corrected chi connectivity index (χ2v) is 6.55. The fraction of sp³-hybridized carbons (Fsp3) is 0.500. The third kappa shape index (κ3) is 6.64. The number of alkyl halides is 1. The summed E-state index contributed by atoms with van der Waals surface area (Å²) < 4.78 is 10.8. The Kier molecular flexibility index (Phi) is 7.64. The van der Waals surface area contributed by atoms with Gasteiger partial charge >= 0.3 is 12.1 Å². The van der Waals surface area contributed by atoms with Gasteiger partial charge in [-0.05, 0) is 17.4 Å². The maximum atomic E-state index is 11.9. The number of methoxy groups -OCH3 is 1. The molecule has 1 aromatic rings. The number of carbonyl (C=O) groups is 2. The van der Waals surface area contributed by atoms with Crippen LogP contribution in [0.3, 0.4) is 0 Å². The van der Waals surface area contributed by atoms with Crippen LogP contribution < -0.4 is 5.32 Å². The molecule has 0 saturated heterocycles. The van der Waals surface area contributed by atoms with Gasteiger partial charge in [0.1, 0.15) is 12.6 Å². The highest BCUT2D eigenvalue weighted by Crippen LogP contribution is 2.25. The van der Waals surface area contributed by atoms with E-state index >= 15 is 0 Å². The van der Waals surface area contributed by atoms with Crippen LogP contribution in [0.15, 0.2) is 30.3 Å². The topological polar surface area (TPSA) is 64.6 Å². The highest BCUT2D eigenvalue weighted by atomic mass is 127. The predicted octanol–water partition coefficient (Wildman–Crippen LogP) is 3.31. The highest BCUT2D eigenvalue weighted by molar-refractivity contribution is 14.1. The van der Waals surface area contributed by atoms with Gasteiger partial charge in [0.2, 0.25) is 0 Å². The van der Waals surface area contributed by atoms with E-state index in [4.69, 9.17) is 9.47 Å². The van der Waals surface area contributed by atoms with E-state index in [2.05, 4.69) is 27.9 Å². The zero-order valence-corrected chi connectivity index (χ0v) is 15.3. The number of amides is 1. The number of carbonyl (C=O) groups excluding carboxylic acids is 2. The molecule has 1 amide bonds. The molecule has 0 aliphatic heterocycles. The number of hydrogen-bond donors (Lipinski definition) is 1. The summed E-state index contributed by atoms with van der Waals surface area (Å²) in [7, 11) is 1.31. The molecule has 1 unspecified atom stereocenters. The Labute approximate surface area is 144 Å². The lowest BCUT2D eigenvalue weighted by molar-refractivity contribution is -0.143. The molecule has 0 spiro atoms. The molecule has 0 aromatic heterocycles. The monoisotopic (exact) mass is 419 g/mol. The third-order valence-corrected chi connectivity index (χ3v) is 5.17. The molecule has 1 rings (SSSR count). The van der Waals surface area contributed by atoms with Gasteiger partial charge in [0.25, 0.3) is 0 Å². The molecule has 5 nitrogen and oxygen atoms in total. The molecule has 122 valence electrons.